The Kier molecular flexibility index (Phi) is 5.86. The lowest BCUT2D eigenvalue weighted by Gasteiger charge is -2.50. The van der Waals surface area contributed by atoms with Crippen molar-refractivity contribution in [3.63, 3.8) is 0 Å². The first-order valence-corrected chi connectivity index (χ1v) is 15.4. The summed E-state index contributed by atoms with van der Waals surface area (Å²) in [5.74, 6) is 2.46. The van der Waals surface area contributed by atoms with Crippen LogP contribution in [-0.4, -0.2) is 18.2 Å². The molecule has 2 aromatic carbocycles. The predicted molar refractivity (Wildman–Crippen MR) is 152 cm³/mol. The highest BCUT2D eigenvalue weighted by Gasteiger charge is 2.66. The Hall–Kier alpha value is -1.96. The number of benzene rings is 2. The van der Waals surface area contributed by atoms with Gasteiger partial charge in [-0.3, -0.25) is 0 Å². The van der Waals surface area contributed by atoms with E-state index in [4.69, 9.17) is 0 Å². The molecule has 0 aromatic heterocycles. The van der Waals surface area contributed by atoms with E-state index in [1.807, 2.05) is 0 Å². The Labute approximate surface area is 219 Å². The highest BCUT2D eigenvalue weighted by atomic mass is 15.5. The molecule has 3 aliphatic carbocycles. The van der Waals surface area contributed by atoms with Crippen molar-refractivity contribution in [1.82, 2.24) is 0 Å². The molecule has 4 atom stereocenters. The molecule has 1 saturated heterocycles. The van der Waals surface area contributed by atoms with Crippen molar-refractivity contribution in [3.8, 4) is 0 Å². The van der Waals surface area contributed by atoms with E-state index in [-0.39, 0.29) is 0 Å². The lowest BCUT2D eigenvalue weighted by molar-refractivity contribution is 0.106. The van der Waals surface area contributed by atoms with Gasteiger partial charge in [-0.25, -0.2) is 0 Å². The van der Waals surface area contributed by atoms with E-state index in [1.165, 1.54) is 94.7 Å². The molecule has 2 aliphatic heterocycles. The Balaban J connectivity index is 1.46. The minimum Gasteiger partial charge on any atom is -0.346 e. The third-order valence-electron chi connectivity index (χ3n) is 11.4. The van der Waals surface area contributed by atoms with Gasteiger partial charge >= 0.3 is 0 Å². The van der Waals surface area contributed by atoms with Crippen LogP contribution in [0.2, 0.25) is 0 Å². The molecule has 2 nitrogen and oxygen atoms in total. The summed E-state index contributed by atoms with van der Waals surface area (Å²) >= 11 is 0. The van der Waals surface area contributed by atoms with Crippen LogP contribution in [0, 0.1) is 24.7 Å². The molecule has 0 bridgehead atoms. The van der Waals surface area contributed by atoms with Gasteiger partial charge in [0.25, 0.3) is 0 Å². The average Bonchev–Trinajstić information content (AvgIpc) is 3.71. The van der Waals surface area contributed by atoms with Crippen LogP contribution in [0.3, 0.4) is 0 Å². The standard InChI is InChI=1S/C34H46N2/c1-24-14-6-12-22-30(24)35-25(2)32-34(28-19-9-10-20-28,27-17-4-3-5-18-27)29-21-11-13-23-31(29)36(32)33(35)26-15-7-8-16-26/h6,11-14,21-23,25-28,32-33H,3-5,7-10,15-20H2,1-2H3. The molecule has 4 fully saturated rings. The Bertz CT molecular complexity index is 1070. The Morgan fingerprint density at radius 2 is 1.19 bits per heavy atom. The SMILES string of the molecule is Cc1ccccc1N1C(C)C2N(c3ccccc3C2(C2CCCCC2)C2CCCC2)C1C1CCCC1. The molecule has 3 saturated carbocycles. The zero-order chi connectivity index (χ0) is 24.3. The van der Waals surface area contributed by atoms with Gasteiger partial charge in [-0.2, -0.15) is 0 Å². The number of aryl methyl sites for hydroxylation is 1. The maximum Gasteiger partial charge on any atom is 0.105 e. The molecular formula is C34H46N2. The largest absolute Gasteiger partial charge is 0.346 e. The van der Waals surface area contributed by atoms with Gasteiger partial charge in [-0.05, 0) is 93.4 Å². The second kappa shape index (κ2) is 9.10. The third kappa shape index (κ3) is 3.21. The van der Waals surface area contributed by atoms with Crippen molar-refractivity contribution >= 4 is 11.4 Å². The third-order valence-corrected chi connectivity index (χ3v) is 11.4. The Morgan fingerprint density at radius 1 is 0.639 bits per heavy atom. The van der Waals surface area contributed by atoms with Gasteiger partial charge in [-0.15, -0.1) is 0 Å². The zero-order valence-corrected chi connectivity index (χ0v) is 22.7. The quantitative estimate of drug-likeness (QED) is 0.430. The van der Waals surface area contributed by atoms with E-state index in [9.17, 15) is 0 Å². The lowest BCUT2D eigenvalue weighted by Crippen LogP contribution is -2.56. The van der Waals surface area contributed by atoms with Gasteiger partial charge in [0.05, 0.1) is 6.04 Å². The van der Waals surface area contributed by atoms with Gasteiger partial charge in [0.1, 0.15) is 6.17 Å². The van der Waals surface area contributed by atoms with Crippen LogP contribution in [-0.2, 0) is 5.41 Å². The first-order chi connectivity index (χ1) is 17.7. The van der Waals surface area contributed by atoms with Gasteiger partial charge in [-0.1, -0.05) is 81.3 Å². The van der Waals surface area contributed by atoms with Crippen molar-refractivity contribution in [3.05, 3.63) is 59.7 Å². The molecule has 0 spiro atoms. The molecule has 2 aromatic rings. The summed E-state index contributed by atoms with van der Waals surface area (Å²) in [6, 6.07) is 20.3. The molecule has 2 heteroatoms. The molecule has 7 rings (SSSR count). The first kappa shape index (κ1) is 23.2. The summed E-state index contributed by atoms with van der Waals surface area (Å²) in [7, 11) is 0. The number of rotatable bonds is 4. The smallest absolute Gasteiger partial charge is 0.105 e. The summed E-state index contributed by atoms with van der Waals surface area (Å²) in [6.45, 7) is 4.97. The fourth-order valence-electron chi connectivity index (χ4n) is 10.2. The average molecular weight is 483 g/mol. The minimum absolute atomic E-state index is 0.321. The molecule has 192 valence electrons. The highest BCUT2D eigenvalue weighted by molar-refractivity contribution is 5.72. The second-order valence-corrected chi connectivity index (χ2v) is 13.0. The minimum atomic E-state index is 0.321. The number of para-hydroxylation sites is 2. The van der Waals surface area contributed by atoms with Crippen molar-refractivity contribution in [2.75, 3.05) is 9.80 Å². The topological polar surface area (TPSA) is 6.48 Å². The van der Waals surface area contributed by atoms with Crippen molar-refractivity contribution in [1.29, 1.82) is 0 Å². The van der Waals surface area contributed by atoms with E-state index in [1.54, 1.807) is 11.3 Å². The zero-order valence-electron chi connectivity index (χ0n) is 22.7. The molecule has 0 N–H and O–H groups in total. The molecule has 2 heterocycles. The molecule has 36 heavy (non-hydrogen) atoms. The summed E-state index contributed by atoms with van der Waals surface area (Å²) in [6.07, 6.45) is 19.1. The molecule has 5 aliphatic rings. The van der Waals surface area contributed by atoms with E-state index in [0.717, 1.165) is 17.8 Å². The highest BCUT2D eigenvalue weighted by Crippen LogP contribution is 2.64. The van der Waals surface area contributed by atoms with Crippen molar-refractivity contribution in [2.24, 2.45) is 17.8 Å². The van der Waals surface area contributed by atoms with Crippen molar-refractivity contribution in [2.45, 2.75) is 121 Å². The summed E-state index contributed by atoms with van der Waals surface area (Å²) in [5, 5.41) is 0. The number of nitrogens with zero attached hydrogens (tertiary/aromatic N) is 2. The van der Waals surface area contributed by atoms with Gasteiger partial charge in [0, 0.05) is 22.8 Å². The van der Waals surface area contributed by atoms with Crippen LogP contribution in [0.5, 0.6) is 0 Å². The van der Waals surface area contributed by atoms with Crippen molar-refractivity contribution < 1.29 is 0 Å². The van der Waals surface area contributed by atoms with Crippen LogP contribution in [0.25, 0.3) is 0 Å². The molecule has 0 radical (unpaired) electrons. The monoisotopic (exact) mass is 482 g/mol. The first-order valence-electron chi connectivity index (χ1n) is 15.4. The second-order valence-electron chi connectivity index (χ2n) is 13.0. The fraction of sp³-hybridized carbons (Fsp3) is 0.647. The Morgan fingerprint density at radius 3 is 1.86 bits per heavy atom. The number of hydrogen-bond acceptors (Lipinski definition) is 2. The maximum absolute atomic E-state index is 3.05. The predicted octanol–water partition coefficient (Wildman–Crippen LogP) is 8.62. The van der Waals surface area contributed by atoms with Gasteiger partial charge in [0.2, 0.25) is 0 Å². The fourth-order valence-corrected chi connectivity index (χ4v) is 10.2. The summed E-state index contributed by atoms with van der Waals surface area (Å²) in [4.78, 5) is 5.99. The number of anilines is 2. The molecular weight excluding hydrogens is 436 g/mol. The van der Waals surface area contributed by atoms with Gasteiger partial charge in [0.15, 0.2) is 0 Å². The van der Waals surface area contributed by atoms with E-state index < -0.39 is 0 Å². The van der Waals surface area contributed by atoms with E-state index in [2.05, 4.69) is 72.2 Å². The normalized spacial score (nSPS) is 33.4. The summed E-state index contributed by atoms with van der Waals surface area (Å²) < 4.78 is 0. The van der Waals surface area contributed by atoms with E-state index >= 15 is 0 Å². The lowest BCUT2D eigenvalue weighted by atomic mass is 9.55. The molecule has 0 amide bonds. The maximum atomic E-state index is 3.05. The van der Waals surface area contributed by atoms with Crippen LogP contribution < -0.4 is 9.80 Å². The van der Waals surface area contributed by atoms with Gasteiger partial charge < -0.3 is 9.80 Å². The molecule has 4 unspecified atom stereocenters. The van der Waals surface area contributed by atoms with Crippen LogP contribution >= 0.6 is 0 Å². The van der Waals surface area contributed by atoms with Crippen LogP contribution in [0.15, 0.2) is 48.5 Å². The number of fused-ring (bicyclic) bond motifs is 3. The van der Waals surface area contributed by atoms with E-state index in [0.29, 0.717) is 23.7 Å². The number of hydrogen-bond donors (Lipinski definition) is 0. The summed E-state index contributed by atoms with van der Waals surface area (Å²) in [5.41, 5.74) is 6.64. The van der Waals surface area contributed by atoms with Crippen LogP contribution in [0.4, 0.5) is 11.4 Å². The van der Waals surface area contributed by atoms with Crippen LogP contribution in [0.1, 0.15) is 102 Å².